The molecule has 0 saturated carbocycles. The Hall–Kier alpha value is -3.98. The molecule has 0 unspecified atom stereocenters. The minimum absolute atomic E-state index is 0.213. The first-order valence-electron chi connectivity index (χ1n) is 9.12. The first-order chi connectivity index (χ1) is 14.7. The van der Waals surface area contributed by atoms with Crippen molar-refractivity contribution in [2.45, 2.75) is 6.54 Å². The maximum Gasteiger partial charge on any atom is 0.324 e. The molecule has 3 amide bonds. The summed E-state index contributed by atoms with van der Waals surface area (Å²) in [5.74, 6) is 0.542. The largest absolute Gasteiger partial charge is 0.347 e. The third-order valence-electron chi connectivity index (χ3n) is 4.13. The maximum absolute atomic E-state index is 12.4. The SMILES string of the molecule is O=C(Nc1ccccc1)Nc1ccc(C(=O)NCc2ccc(-n3ccnc3)nc2)s1. The molecule has 0 spiro atoms. The van der Waals surface area contributed by atoms with Crippen LogP contribution in [0, 0.1) is 0 Å². The molecule has 1 aromatic carbocycles. The van der Waals surface area contributed by atoms with Crippen molar-refractivity contribution in [2.24, 2.45) is 0 Å². The molecule has 0 aliphatic carbocycles. The van der Waals surface area contributed by atoms with Crippen LogP contribution in [0.4, 0.5) is 15.5 Å². The number of para-hydroxylation sites is 1. The number of aromatic nitrogens is 3. The lowest BCUT2D eigenvalue weighted by molar-refractivity contribution is 0.0955. The molecule has 8 nitrogen and oxygen atoms in total. The van der Waals surface area contributed by atoms with Gasteiger partial charge in [0.15, 0.2) is 0 Å². The first kappa shape index (κ1) is 19.3. The van der Waals surface area contributed by atoms with E-state index in [2.05, 4.69) is 25.9 Å². The summed E-state index contributed by atoms with van der Waals surface area (Å²) >= 11 is 1.21. The van der Waals surface area contributed by atoms with Crippen molar-refractivity contribution in [3.05, 3.63) is 90.0 Å². The molecule has 3 heterocycles. The molecule has 0 aliphatic heterocycles. The molecule has 30 heavy (non-hydrogen) atoms. The molecular formula is C21H18N6O2S. The molecule has 150 valence electrons. The second-order valence-corrected chi connectivity index (χ2v) is 7.37. The lowest BCUT2D eigenvalue weighted by Gasteiger charge is -2.06. The summed E-state index contributed by atoms with van der Waals surface area (Å²) in [5, 5.41) is 8.91. The first-order valence-corrected chi connectivity index (χ1v) is 9.93. The molecule has 3 N–H and O–H groups in total. The number of carbonyl (C=O) groups excluding carboxylic acids is 2. The molecule has 0 aliphatic rings. The van der Waals surface area contributed by atoms with Crippen molar-refractivity contribution >= 4 is 34.0 Å². The van der Waals surface area contributed by atoms with Crippen LogP contribution in [0.15, 0.2) is 79.5 Å². The number of urea groups is 1. The smallest absolute Gasteiger partial charge is 0.324 e. The van der Waals surface area contributed by atoms with E-state index in [1.807, 2.05) is 36.5 Å². The number of benzene rings is 1. The highest BCUT2D eigenvalue weighted by Gasteiger charge is 2.11. The van der Waals surface area contributed by atoms with Crippen molar-refractivity contribution in [3.8, 4) is 5.82 Å². The van der Waals surface area contributed by atoms with Crippen LogP contribution < -0.4 is 16.0 Å². The Morgan fingerprint density at radius 1 is 1.00 bits per heavy atom. The van der Waals surface area contributed by atoms with Gasteiger partial charge in [0.05, 0.1) is 9.88 Å². The number of imidazole rings is 1. The number of nitrogens with one attached hydrogen (secondary N) is 3. The van der Waals surface area contributed by atoms with Gasteiger partial charge in [-0.2, -0.15) is 0 Å². The summed E-state index contributed by atoms with van der Waals surface area (Å²) in [6.45, 7) is 0.352. The molecule has 3 aromatic heterocycles. The number of amides is 3. The second-order valence-electron chi connectivity index (χ2n) is 6.29. The maximum atomic E-state index is 12.4. The Morgan fingerprint density at radius 3 is 2.60 bits per heavy atom. The van der Waals surface area contributed by atoms with Crippen molar-refractivity contribution < 1.29 is 9.59 Å². The molecule has 0 bridgehead atoms. The molecular weight excluding hydrogens is 400 g/mol. The second kappa shape index (κ2) is 9.01. The number of nitrogens with zero attached hydrogens (tertiary/aromatic N) is 3. The fraction of sp³-hybridized carbons (Fsp3) is 0.0476. The fourth-order valence-corrected chi connectivity index (χ4v) is 3.48. The van der Waals surface area contributed by atoms with Gasteiger partial charge in [0, 0.05) is 30.8 Å². The average Bonchev–Trinajstić information content (AvgIpc) is 3.45. The zero-order valence-electron chi connectivity index (χ0n) is 15.8. The van der Waals surface area contributed by atoms with E-state index in [1.54, 1.807) is 47.6 Å². The zero-order valence-corrected chi connectivity index (χ0v) is 16.6. The van der Waals surface area contributed by atoms with E-state index in [4.69, 9.17) is 0 Å². The van der Waals surface area contributed by atoms with E-state index >= 15 is 0 Å². The Balaban J connectivity index is 1.29. The highest BCUT2D eigenvalue weighted by Crippen LogP contribution is 2.22. The molecule has 4 rings (SSSR count). The van der Waals surface area contributed by atoms with Gasteiger partial charge in [-0.3, -0.25) is 14.7 Å². The highest BCUT2D eigenvalue weighted by molar-refractivity contribution is 7.18. The van der Waals surface area contributed by atoms with Crippen LogP contribution in [-0.4, -0.2) is 26.5 Å². The number of hydrogen-bond donors (Lipinski definition) is 3. The number of anilines is 2. The molecule has 0 atom stereocenters. The Kier molecular flexibility index (Phi) is 5.81. The van der Waals surface area contributed by atoms with Crippen molar-refractivity contribution in [1.82, 2.24) is 19.9 Å². The van der Waals surface area contributed by atoms with Gasteiger partial charge in [0.2, 0.25) is 0 Å². The van der Waals surface area contributed by atoms with Gasteiger partial charge >= 0.3 is 6.03 Å². The minimum atomic E-state index is -0.362. The summed E-state index contributed by atoms with van der Waals surface area (Å²) in [4.78, 5) is 33.3. The van der Waals surface area contributed by atoms with Gasteiger partial charge in [-0.15, -0.1) is 11.3 Å². The van der Waals surface area contributed by atoms with Crippen molar-refractivity contribution in [1.29, 1.82) is 0 Å². The molecule has 0 fully saturated rings. The van der Waals surface area contributed by atoms with Crippen LogP contribution in [0.5, 0.6) is 0 Å². The predicted octanol–water partition coefficient (Wildman–Crippen LogP) is 3.90. The fourth-order valence-electron chi connectivity index (χ4n) is 2.66. The van der Waals surface area contributed by atoms with Gasteiger partial charge in [0.25, 0.3) is 5.91 Å². The Bertz CT molecular complexity index is 1120. The number of hydrogen-bond acceptors (Lipinski definition) is 5. The summed E-state index contributed by atoms with van der Waals surface area (Å²) in [7, 11) is 0. The van der Waals surface area contributed by atoms with Crippen LogP contribution >= 0.6 is 11.3 Å². The lowest BCUT2D eigenvalue weighted by atomic mass is 10.2. The summed E-state index contributed by atoms with van der Waals surface area (Å²) in [6.07, 6.45) is 6.88. The number of carbonyl (C=O) groups is 2. The van der Waals surface area contributed by atoms with Crippen LogP contribution in [0.3, 0.4) is 0 Å². The van der Waals surface area contributed by atoms with E-state index in [9.17, 15) is 9.59 Å². The van der Waals surface area contributed by atoms with Gasteiger partial charge in [-0.25, -0.2) is 14.8 Å². The quantitative estimate of drug-likeness (QED) is 0.442. The van der Waals surface area contributed by atoms with Crippen LogP contribution in [-0.2, 0) is 6.54 Å². The van der Waals surface area contributed by atoms with Crippen LogP contribution in [0.1, 0.15) is 15.2 Å². The summed E-state index contributed by atoms with van der Waals surface area (Å²) in [5.41, 5.74) is 1.57. The summed E-state index contributed by atoms with van der Waals surface area (Å²) < 4.78 is 1.80. The van der Waals surface area contributed by atoms with E-state index < -0.39 is 0 Å². The Labute approximate surface area is 176 Å². The monoisotopic (exact) mass is 418 g/mol. The van der Waals surface area contributed by atoms with Gasteiger partial charge in [0.1, 0.15) is 12.1 Å². The third kappa shape index (κ3) is 4.89. The normalized spacial score (nSPS) is 10.4. The lowest BCUT2D eigenvalue weighted by Crippen LogP contribution is -2.22. The van der Waals surface area contributed by atoms with E-state index in [-0.39, 0.29) is 11.9 Å². The van der Waals surface area contributed by atoms with E-state index in [0.717, 1.165) is 11.4 Å². The van der Waals surface area contributed by atoms with Crippen LogP contribution in [0.25, 0.3) is 5.82 Å². The van der Waals surface area contributed by atoms with Gasteiger partial charge < -0.3 is 10.6 Å². The molecule has 4 aromatic rings. The summed E-state index contributed by atoms with van der Waals surface area (Å²) in [6, 6.07) is 15.9. The van der Waals surface area contributed by atoms with E-state index in [0.29, 0.717) is 22.1 Å². The van der Waals surface area contributed by atoms with E-state index in [1.165, 1.54) is 11.3 Å². The van der Waals surface area contributed by atoms with Gasteiger partial charge in [-0.05, 0) is 35.9 Å². The topological polar surface area (TPSA) is 101 Å². The van der Waals surface area contributed by atoms with Crippen molar-refractivity contribution in [3.63, 3.8) is 0 Å². The van der Waals surface area contributed by atoms with Crippen molar-refractivity contribution in [2.75, 3.05) is 10.6 Å². The molecule has 9 heteroatoms. The number of rotatable bonds is 6. The average molecular weight is 418 g/mol. The van der Waals surface area contributed by atoms with Gasteiger partial charge in [-0.1, -0.05) is 24.3 Å². The highest BCUT2D eigenvalue weighted by atomic mass is 32.1. The standard InChI is InChI=1S/C21H18N6O2S/c28-20(24-13-15-6-8-18(23-12-15)27-11-10-22-14-27)17-7-9-19(30-17)26-21(29)25-16-4-2-1-3-5-16/h1-12,14H,13H2,(H,24,28)(H2,25,26,29). The molecule has 0 saturated heterocycles. The zero-order chi connectivity index (χ0) is 20.8. The minimum Gasteiger partial charge on any atom is -0.347 e. The number of thiophene rings is 1. The van der Waals surface area contributed by atoms with Crippen LogP contribution in [0.2, 0.25) is 0 Å². The molecule has 0 radical (unpaired) electrons. The predicted molar refractivity (Wildman–Crippen MR) is 116 cm³/mol. The Morgan fingerprint density at radius 2 is 1.87 bits per heavy atom. The third-order valence-corrected chi connectivity index (χ3v) is 5.13. The number of pyridine rings is 1.